The molecule has 0 aliphatic carbocycles. The van der Waals surface area contributed by atoms with Crippen molar-refractivity contribution in [2.75, 3.05) is 6.61 Å². The molecule has 11 heteroatoms. The second-order valence-electron chi connectivity index (χ2n) is 4.31. The SMILES string of the molecule is NC(=O)CCC(N)C(=O)O.O=C[C@H](O)[C@@H](O)[C@H](O)[C@H](O)CO. The molecule has 0 heterocycles. The monoisotopic (exact) mass is 326 g/mol. The average molecular weight is 326 g/mol. The fourth-order valence-corrected chi connectivity index (χ4v) is 1.04. The highest BCUT2D eigenvalue weighted by molar-refractivity contribution is 5.76. The predicted molar refractivity (Wildman–Crippen MR) is 71.2 cm³/mol. The largest absolute Gasteiger partial charge is 0.480 e. The summed E-state index contributed by atoms with van der Waals surface area (Å²) in [5, 5.41) is 51.8. The highest BCUT2D eigenvalue weighted by Gasteiger charge is 2.29. The Morgan fingerprint density at radius 2 is 1.59 bits per heavy atom. The van der Waals surface area contributed by atoms with E-state index in [4.69, 9.17) is 42.1 Å². The lowest BCUT2D eigenvalue weighted by Crippen LogP contribution is -2.46. The number of primary amides is 1. The van der Waals surface area contributed by atoms with Gasteiger partial charge in [0.15, 0.2) is 6.29 Å². The van der Waals surface area contributed by atoms with Crippen LogP contribution < -0.4 is 11.5 Å². The molecule has 0 saturated heterocycles. The van der Waals surface area contributed by atoms with Crippen LogP contribution in [0.15, 0.2) is 0 Å². The van der Waals surface area contributed by atoms with Gasteiger partial charge in [0, 0.05) is 6.42 Å². The first-order chi connectivity index (χ1) is 10.1. The van der Waals surface area contributed by atoms with Gasteiger partial charge in [-0.3, -0.25) is 9.59 Å². The highest BCUT2D eigenvalue weighted by atomic mass is 16.4. The molecule has 22 heavy (non-hydrogen) atoms. The molecule has 0 fully saturated rings. The van der Waals surface area contributed by atoms with E-state index < -0.39 is 48.9 Å². The van der Waals surface area contributed by atoms with E-state index in [-0.39, 0.29) is 19.1 Å². The number of hydrogen-bond acceptors (Lipinski definition) is 9. The summed E-state index contributed by atoms with van der Waals surface area (Å²) < 4.78 is 0. The maximum Gasteiger partial charge on any atom is 0.320 e. The first kappa shape index (κ1) is 22.6. The Labute approximate surface area is 125 Å². The molecule has 0 aromatic carbocycles. The number of carboxylic acid groups (broad SMARTS) is 1. The van der Waals surface area contributed by atoms with Crippen LogP contribution in [0.5, 0.6) is 0 Å². The van der Waals surface area contributed by atoms with Crippen molar-refractivity contribution in [3.8, 4) is 0 Å². The summed E-state index contributed by atoms with van der Waals surface area (Å²) in [6.45, 7) is -0.760. The lowest BCUT2D eigenvalue weighted by Gasteiger charge is -2.22. The van der Waals surface area contributed by atoms with Crippen molar-refractivity contribution in [2.24, 2.45) is 11.5 Å². The van der Waals surface area contributed by atoms with E-state index in [1.54, 1.807) is 0 Å². The first-order valence-electron chi connectivity index (χ1n) is 6.13. The van der Waals surface area contributed by atoms with Gasteiger partial charge in [0.25, 0.3) is 0 Å². The van der Waals surface area contributed by atoms with Crippen LogP contribution in [0.4, 0.5) is 0 Å². The fraction of sp³-hybridized carbons (Fsp3) is 0.727. The van der Waals surface area contributed by atoms with E-state index in [1.165, 1.54) is 0 Å². The Morgan fingerprint density at radius 1 is 1.09 bits per heavy atom. The number of amides is 1. The molecule has 10 N–H and O–H groups in total. The Kier molecular flexibility index (Phi) is 12.3. The Bertz CT molecular complexity index is 352. The minimum Gasteiger partial charge on any atom is -0.480 e. The molecule has 11 nitrogen and oxygen atoms in total. The Hall–Kier alpha value is -1.63. The minimum atomic E-state index is -1.79. The molecule has 0 spiro atoms. The standard InChI is InChI=1S/C6H12O6.C5H10N2O3/c7-1-3(9)5(11)6(12)4(10)2-8;6-3(5(9)10)1-2-4(7)8/h1,3-6,8-12H,2H2;3H,1-2,6H2,(H2,7,8)(H,9,10)/t3-,4+,5+,6+;/m0./s1. The van der Waals surface area contributed by atoms with E-state index in [1.807, 2.05) is 0 Å². The molecule has 0 aliphatic rings. The molecule has 130 valence electrons. The van der Waals surface area contributed by atoms with Gasteiger partial charge in [0.1, 0.15) is 30.5 Å². The number of carbonyl (C=O) groups excluding carboxylic acids is 2. The van der Waals surface area contributed by atoms with Crippen LogP contribution in [-0.2, 0) is 14.4 Å². The molecule has 0 bridgehead atoms. The molecule has 0 rings (SSSR count). The maximum absolute atomic E-state index is 10.1. The van der Waals surface area contributed by atoms with Crippen LogP contribution in [0.25, 0.3) is 0 Å². The number of aliphatic hydroxyl groups is 5. The number of carbonyl (C=O) groups is 3. The van der Waals surface area contributed by atoms with E-state index in [0.717, 1.165) is 0 Å². The number of aliphatic hydroxyl groups excluding tert-OH is 5. The summed E-state index contributed by atoms with van der Waals surface area (Å²) >= 11 is 0. The quantitative estimate of drug-likeness (QED) is 0.189. The van der Waals surface area contributed by atoms with Crippen LogP contribution in [-0.4, -0.2) is 85.9 Å². The molecule has 0 aliphatic heterocycles. The number of nitrogens with two attached hydrogens (primary N) is 2. The molecule has 0 saturated carbocycles. The molecule has 0 aromatic rings. The summed E-state index contributed by atoms with van der Waals surface area (Å²) in [5.41, 5.74) is 9.81. The van der Waals surface area contributed by atoms with E-state index in [0.29, 0.717) is 0 Å². The van der Waals surface area contributed by atoms with Crippen molar-refractivity contribution in [2.45, 2.75) is 43.3 Å². The summed E-state index contributed by atoms with van der Waals surface area (Å²) in [4.78, 5) is 30.0. The highest BCUT2D eigenvalue weighted by Crippen LogP contribution is 2.02. The van der Waals surface area contributed by atoms with Gasteiger partial charge in [0.2, 0.25) is 5.91 Å². The van der Waals surface area contributed by atoms with Crippen molar-refractivity contribution < 1.29 is 45.0 Å². The van der Waals surface area contributed by atoms with Crippen LogP contribution in [0, 0.1) is 0 Å². The summed E-state index contributed by atoms with van der Waals surface area (Å²) in [6.07, 6.45) is -6.72. The summed E-state index contributed by atoms with van der Waals surface area (Å²) in [5.74, 6) is -1.64. The number of rotatable bonds is 9. The second kappa shape index (κ2) is 12.0. The van der Waals surface area contributed by atoms with Crippen LogP contribution in [0.1, 0.15) is 12.8 Å². The molecule has 1 unspecified atom stereocenters. The van der Waals surface area contributed by atoms with Crippen LogP contribution in [0.3, 0.4) is 0 Å². The van der Waals surface area contributed by atoms with Gasteiger partial charge in [-0.05, 0) is 6.42 Å². The van der Waals surface area contributed by atoms with E-state index in [2.05, 4.69) is 0 Å². The predicted octanol–water partition coefficient (Wildman–Crippen LogP) is -4.71. The van der Waals surface area contributed by atoms with Gasteiger partial charge in [-0.2, -0.15) is 0 Å². The van der Waals surface area contributed by atoms with Crippen molar-refractivity contribution in [1.82, 2.24) is 0 Å². The van der Waals surface area contributed by atoms with Gasteiger partial charge in [-0.25, -0.2) is 0 Å². The Balaban J connectivity index is 0. The van der Waals surface area contributed by atoms with Gasteiger partial charge >= 0.3 is 5.97 Å². The summed E-state index contributed by atoms with van der Waals surface area (Å²) in [7, 11) is 0. The molecular formula is C11H22N2O9. The number of hydrogen-bond donors (Lipinski definition) is 8. The summed E-state index contributed by atoms with van der Waals surface area (Å²) in [6, 6.07) is -0.979. The van der Waals surface area contributed by atoms with Crippen molar-refractivity contribution >= 4 is 18.2 Å². The smallest absolute Gasteiger partial charge is 0.320 e. The van der Waals surface area contributed by atoms with Gasteiger partial charge < -0.3 is 46.9 Å². The third-order valence-corrected chi connectivity index (χ3v) is 2.44. The van der Waals surface area contributed by atoms with E-state index in [9.17, 15) is 14.4 Å². The zero-order valence-corrected chi connectivity index (χ0v) is 11.6. The molecule has 1 amide bonds. The number of carboxylic acids is 1. The Morgan fingerprint density at radius 3 is 1.91 bits per heavy atom. The van der Waals surface area contributed by atoms with Crippen LogP contribution >= 0.6 is 0 Å². The van der Waals surface area contributed by atoms with Crippen molar-refractivity contribution in [1.29, 1.82) is 0 Å². The molecule has 0 radical (unpaired) electrons. The molecular weight excluding hydrogens is 304 g/mol. The van der Waals surface area contributed by atoms with Crippen LogP contribution in [0.2, 0.25) is 0 Å². The minimum absolute atomic E-state index is 0.0213. The first-order valence-corrected chi connectivity index (χ1v) is 6.13. The van der Waals surface area contributed by atoms with Crippen molar-refractivity contribution in [3.63, 3.8) is 0 Å². The topological polar surface area (TPSA) is 225 Å². The number of aldehydes is 1. The zero-order chi connectivity index (χ0) is 17.9. The third-order valence-electron chi connectivity index (χ3n) is 2.44. The molecule has 5 atom stereocenters. The van der Waals surface area contributed by atoms with Gasteiger partial charge in [0.05, 0.1) is 6.61 Å². The third kappa shape index (κ3) is 10.1. The molecule has 0 aromatic heterocycles. The maximum atomic E-state index is 10.1. The second-order valence-corrected chi connectivity index (χ2v) is 4.31. The van der Waals surface area contributed by atoms with Crippen molar-refractivity contribution in [3.05, 3.63) is 0 Å². The van der Waals surface area contributed by atoms with Gasteiger partial charge in [-0.15, -0.1) is 0 Å². The average Bonchev–Trinajstić information content (AvgIpc) is 2.49. The normalized spacial score (nSPS) is 17.2. The fourth-order valence-electron chi connectivity index (χ4n) is 1.04. The number of aliphatic carboxylic acids is 1. The lowest BCUT2D eigenvalue weighted by molar-refractivity contribution is -0.138. The zero-order valence-electron chi connectivity index (χ0n) is 11.6. The van der Waals surface area contributed by atoms with Gasteiger partial charge in [-0.1, -0.05) is 0 Å². The lowest BCUT2D eigenvalue weighted by atomic mass is 10.0. The van der Waals surface area contributed by atoms with E-state index >= 15 is 0 Å².